The molecule has 2 N–H and O–H groups in total. The fourth-order valence-electron chi connectivity index (χ4n) is 1.29. The number of rotatable bonds is 2. The van der Waals surface area contributed by atoms with Gasteiger partial charge in [-0.05, 0) is 22.4 Å². The van der Waals surface area contributed by atoms with E-state index in [4.69, 9.17) is 5.73 Å². The van der Waals surface area contributed by atoms with E-state index in [1.165, 1.54) is 11.3 Å². The number of nitrogens with two attached hydrogens (primary N) is 1. The summed E-state index contributed by atoms with van der Waals surface area (Å²) in [5.41, 5.74) is 5.22. The number of aromatic nitrogens is 1. The highest BCUT2D eigenvalue weighted by atomic mass is 79.9. The van der Waals surface area contributed by atoms with E-state index in [2.05, 4.69) is 20.9 Å². The minimum atomic E-state index is -0.266. The van der Waals surface area contributed by atoms with Crippen molar-refractivity contribution in [2.45, 2.75) is 12.5 Å². The quantitative estimate of drug-likeness (QED) is 0.863. The molecule has 0 spiro atoms. The molecule has 13 heavy (non-hydrogen) atoms. The van der Waals surface area contributed by atoms with Crippen molar-refractivity contribution in [3.05, 3.63) is 9.98 Å². The Morgan fingerprint density at radius 1 is 1.85 bits per heavy atom. The fourth-order valence-corrected chi connectivity index (χ4v) is 2.62. The molecule has 0 aliphatic carbocycles. The predicted octanol–water partition coefficient (Wildman–Crippen LogP) is 0.970. The van der Waals surface area contributed by atoms with Crippen molar-refractivity contribution in [2.75, 3.05) is 11.4 Å². The Kier molecular flexibility index (Phi) is 2.25. The summed E-state index contributed by atoms with van der Waals surface area (Å²) in [6.45, 7) is 0.869. The average Bonchev–Trinajstić information content (AvgIpc) is 2.32. The Balaban J connectivity index is 2.14. The molecule has 1 fully saturated rings. The Bertz CT molecular complexity index is 340. The van der Waals surface area contributed by atoms with E-state index in [0.717, 1.165) is 22.7 Å². The summed E-state index contributed by atoms with van der Waals surface area (Å²) in [4.78, 5) is 17.1. The molecule has 0 aromatic carbocycles. The molecule has 1 aromatic heterocycles. The van der Waals surface area contributed by atoms with Crippen molar-refractivity contribution in [2.24, 2.45) is 5.73 Å². The lowest BCUT2D eigenvalue weighted by molar-refractivity contribution is -0.120. The van der Waals surface area contributed by atoms with Crippen LogP contribution in [-0.4, -0.2) is 23.5 Å². The van der Waals surface area contributed by atoms with Gasteiger partial charge in [-0.25, -0.2) is 4.98 Å². The van der Waals surface area contributed by atoms with Crippen LogP contribution in [0.1, 0.15) is 6.42 Å². The van der Waals surface area contributed by atoms with Gasteiger partial charge in [0.15, 0.2) is 5.13 Å². The lowest BCUT2D eigenvalue weighted by Gasteiger charge is -2.38. The molecule has 0 saturated carbocycles. The first-order chi connectivity index (χ1) is 6.18. The van der Waals surface area contributed by atoms with Gasteiger partial charge in [-0.15, -0.1) is 11.3 Å². The lowest BCUT2D eigenvalue weighted by atomic mass is 10.0. The summed E-state index contributed by atoms with van der Waals surface area (Å²) in [7, 11) is 0. The van der Waals surface area contributed by atoms with E-state index in [1.54, 1.807) is 0 Å². The van der Waals surface area contributed by atoms with Crippen LogP contribution in [-0.2, 0) is 4.79 Å². The molecule has 1 amide bonds. The first-order valence-corrected chi connectivity index (χ1v) is 5.53. The van der Waals surface area contributed by atoms with E-state index in [-0.39, 0.29) is 11.9 Å². The summed E-state index contributed by atoms with van der Waals surface area (Å²) in [5.74, 6) is -0.266. The normalized spacial score (nSPS) is 21.3. The van der Waals surface area contributed by atoms with Crippen LogP contribution in [0.3, 0.4) is 0 Å². The third-order valence-electron chi connectivity index (χ3n) is 2.06. The van der Waals surface area contributed by atoms with Gasteiger partial charge in [0.05, 0.1) is 0 Å². The van der Waals surface area contributed by atoms with Gasteiger partial charge in [-0.1, -0.05) is 0 Å². The molecule has 2 heterocycles. The summed E-state index contributed by atoms with van der Waals surface area (Å²) in [6.07, 6.45) is 0.840. The number of primary amides is 1. The zero-order valence-corrected chi connectivity index (χ0v) is 9.14. The zero-order valence-electron chi connectivity index (χ0n) is 6.74. The highest BCUT2D eigenvalue weighted by Crippen LogP contribution is 2.30. The third kappa shape index (κ3) is 1.55. The second-order valence-electron chi connectivity index (χ2n) is 2.85. The molecule has 2 rings (SSSR count). The molecule has 1 saturated heterocycles. The molecule has 4 nitrogen and oxygen atoms in total. The second-order valence-corrected chi connectivity index (χ2v) is 4.50. The monoisotopic (exact) mass is 261 g/mol. The van der Waals surface area contributed by atoms with Gasteiger partial charge in [0.2, 0.25) is 5.91 Å². The molecule has 6 heteroatoms. The van der Waals surface area contributed by atoms with Gasteiger partial charge < -0.3 is 10.6 Å². The van der Waals surface area contributed by atoms with Gasteiger partial charge in [-0.2, -0.15) is 0 Å². The van der Waals surface area contributed by atoms with Crippen LogP contribution < -0.4 is 10.6 Å². The van der Waals surface area contributed by atoms with Gasteiger partial charge in [0.25, 0.3) is 0 Å². The molecule has 1 atom stereocenters. The fraction of sp³-hybridized carbons (Fsp3) is 0.429. The van der Waals surface area contributed by atoms with E-state index in [9.17, 15) is 4.79 Å². The van der Waals surface area contributed by atoms with Crippen molar-refractivity contribution < 1.29 is 4.79 Å². The maximum absolute atomic E-state index is 10.9. The number of nitrogens with zero attached hydrogens (tertiary/aromatic N) is 2. The number of hydrogen-bond acceptors (Lipinski definition) is 4. The molecule has 1 aromatic rings. The zero-order chi connectivity index (χ0) is 9.42. The number of amides is 1. The van der Waals surface area contributed by atoms with E-state index < -0.39 is 0 Å². The molecule has 1 aliphatic rings. The van der Waals surface area contributed by atoms with Gasteiger partial charge in [0, 0.05) is 11.9 Å². The highest BCUT2D eigenvalue weighted by molar-refractivity contribution is 9.10. The molecule has 1 aliphatic heterocycles. The van der Waals surface area contributed by atoms with Crippen molar-refractivity contribution in [3.63, 3.8) is 0 Å². The molecule has 0 bridgehead atoms. The minimum absolute atomic E-state index is 0.155. The van der Waals surface area contributed by atoms with Crippen molar-refractivity contribution >= 4 is 38.3 Å². The molecule has 0 radical (unpaired) electrons. The summed E-state index contributed by atoms with van der Waals surface area (Å²) in [6, 6.07) is -0.155. The van der Waals surface area contributed by atoms with Crippen LogP contribution in [0.25, 0.3) is 0 Å². The Morgan fingerprint density at radius 3 is 3.00 bits per heavy atom. The summed E-state index contributed by atoms with van der Waals surface area (Å²) >= 11 is 4.78. The number of carbonyl (C=O) groups is 1. The summed E-state index contributed by atoms with van der Waals surface area (Å²) < 4.78 is 0.808. The van der Waals surface area contributed by atoms with Crippen LogP contribution in [0.5, 0.6) is 0 Å². The number of carbonyl (C=O) groups excluding carboxylic acids is 1. The molecule has 70 valence electrons. The van der Waals surface area contributed by atoms with Gasteiger partial charge in [-0.3, -0.25) is 4.79 Å². The Morgan fingerprint density at radius 2 is 2.62 bits per heavy atom. The predicted molar refractivity (Wildman–Crippen MR) is 54.8 cm³/mol. The van der Waals surface area contributed by atoms with Crippen LogP contribution in [0.4, 0.5) is 5.13 Å². The maximum Gasteiger partial charge on any atom is 0.240 e. The van der Waals surface area contributed by atoms with Gasteiger partial charge >= 0.3 is 0 Å². The summed E-state index contributed by atoms with van der Waals surface area (Å²) in [5, 5.41) is 2.76. The SMILES string of the molecule is NC(=O)C1CCN1c1nc(Br)cs1. The topological polar surface area (TPSA) is 59.2 Å². The van der Waals surface area contributed by atoms with Crippen LogP contribution in [0, 0.1) is 0 Å². The smallest absolute Gasteiger partial charge is 0.240 e. The van der Waals surface area contributed by atoms with Crippen LogP contribution >= 0.6 is 27.3 Å². The van der Waals surface area contributed by atoms with Crippen LogP contribution in [0.15, 0.2) is 9.98 Å². The lowest BCUT2D eigenvalue weighted by Crippen LogP contribution is -2.55. The molecular formula is C7H8BrN3OS. The standard InChI is InChI=1S/C7H8BrN3OS/c8-5-3-13-7(10-5)11-2-1-4(11)6(9)12/h3-4H,1-2H2,(H2,9,12). The Hall–Kier alpha value is -0.620. The average molecular weight is 262 g/mol. The van der Waals surface area contributed by atoms with Crippen molar-refractivity contribution in [1.82, 2.24) is 4.98 Å². The maximum atomic E-state index is 10.9. The van der Waals surface area contributed by atoms with E-state index in [1.807, 2.05) is 10.3 Å². The number of thiazole rings is 1. The van der Waals surface area contributed by atoms with E-state index in [0.29, 0.717) is 0 Å². The number of hydrogen-bond donors (Lipinski definition) is 1. The third-order valence-corrected chi connectivity index (χ3v) is 3.64. The van der Waals surface area contributed by atoms with Crippen molar-refractivity contribution in [3.8, 4) is 0 Å². The largest absolute Gasteiger partial charge is 0.368 e. The van der Waals surface area contributed by atoms with Crippen LogP contribution in [0.2, 0.25) is 0 Å². The number of anilines is 1. The molecule has 1 unspecified atom stereocenters. The minimum Gasteiger partial charge on any atom is -0.368 e. The number of halogens is 1. The van der Waals surface area contributed by atoms with Gasteiger partial charge in [0.1, 0.15) is 10.6 Å². The molecular weight excluding hydrogens is 254 g/mol. The highest BCUT2D eigenvalue weighted by Gasteiger charge is 2.34. The first kappa shape index (κ1) is 8.96. The van der Waals surface area contributed by atoms with Crippen molar-refractivity contribution in [1.29, 1.82) is 0 Å². The van der Waals surface area contributed by atoms with E-state index >= 15 is 0 Å². The Labute approximate surface area is 87.9 Å². The first-order valence-electron chi connectivity index (χ1n) is 3.85. The second kappa shape index (κ2) is 3.26.